The van der Waals surface area contributed by atoms with Crippen molar-refractivity contribution in [2.75, 3.05) is 12.8 Å². The van der Waals surface area contributed by atoms with Gasteiger partial charge in [0.05, 0.1) is 4.92 Å². The highest BCUT2D eigenvalue weighted by Gasteiger charge is 2.44. The zero-order chi connectivity index (χ0) is 20.3. The fourth-order valence-corrected chi connectivity index (χ4v) is 3.12. The molecular weight excluding hydrogens is 390 g/mol. The number of oxime groups is 1. The number of nitrogen functional groups attached to an aromatic ring is 1. The first kappa shape index (κ1) is 19.2. The molecule has 0 saturated carbocycles. The third-order valence-electron chi connectivity index (χ3n) is 3.93. The van der Waals surface area contributed by atoms with Gasteiger partial charge in [-0.3, -0.25) is 14.9 Å². The molecule has 1 saturated heterocycles. The van der Waals surface area contributed by atoms with Gasteiger partial charge in [-0.1, -0.05) is 17.3 Å². The van der Waals surface area contributed by atoms with Crippen molar-refractivity contribution in [3.05, 3.63) is 51.0 Å². The molecule has 2 heterocycles. The molecule has 3 rings (SSSR count). The van der Waals surface area contributed by atoms with Crippen LogP contribution in [0.3, 0.4) is 0 Å². The summed E-state index contributed by atoms with van der Waals surface area (Å²) < 4.78 is 5.09. The van der Waals surface area contributed by atoms with E-state index in [1.165, 1.54) is 19.2 Å². The van der Waals surface area contributed by atoms with Crippen LogP contribution in [0.2, 0.25) is 0 Å². The smallest absolute Gasteiger partial charge is 0.332 e. The first-order valence-electron chi connectivity index (χ1n) is 7.96. The van der Waals surface area contributed by atoms with Crippen LogP contribution in [0.4, 0.5) is 10.8 Å². The largest absolute Gasteiger partial charge is 0.458 e. The minimum atomic E-state index is -0.888. The third kappa shape index (κ3) is 4.06. The van der Waals surface area contributed by atoms with Gasteiger partial charge in [-0.05, 0) is 5.56 Å². The van der Waals surface area contributed by atoms with Crippen molar-refractivity contribution in [2.45, 2.75) is 18.6 Å². The van der Waals surface area contributed by atoms with E-state index < -0.39 is 28.9 Å². The monoisotopic (exact) mass is 405 g/mol. The summed E-state index contributed by atoms with van der Waals surface area (Å²) in [4.78, 5) is 43.2. The number of nitro groups is 1. The highest BCUT2D eigenvalue weighted by atomic mass is 32.1. The van der Waals surface area contributed by atoms with Crippen LogP contribution >= 0.6 is 11.3 Å². The molecule has 1 aliphatic heterocycles. The van der Waals surface area contributed by atoms with Crippen molar-refractivity contribution >= 4 is 39.7 Å². The molecule has 1 aromatic carbocycles. The van der Waals surface area contributed by atoms with E-state index >= 15 is 0 Å². The Bertz CT molecular complexity index is 941. The van der Waals surface area contributed by atoms with E-state index in [0.29, 0.717) is 0 Å². The molecule has 1 aromatic heterocycles. The Morgan fingerprint density at radius 2 is 2.18 bits per heavy atom. The normalized spacial score (nSPS) is 18.8. The van der Waals surface area contributed by atoms with E-state index in [4.69, 9.17) is 10.5 Å². The van der Waals surface area contributed by atoms with Crippen molar-refractivity contribution in [1.82, 2.24) is 10.3 Å². The lowest BCUT2D eigenvalue weighted by Gasteiger charge is -2.35. The van der Waals surface area contributed by atoms with E-state index in [1.54, 1.807) is 17.5 Å². The van der Waals surface area contributed by atoms with E-state index in [9.17, 15) is 19.7 Å². The van der Waals surface area contributed by atoms with Gasteiger partial charge in [-0.15, -0.1) is 11.3 Å². The SMILES string of the molecule is CO/N=C(\C(=O)N[C@@H]1C(=O)O[C@@H]1Cc1ccc([N+](=O)[O-])cc1)c1csc(N)n1. The number of thiazole rings is 1. The average Bonchev–Trinajstić information content (AvgIpc) is 3.10. The van der Waals surface area contributed by atoms with Gasteiger partial charge < -0.3 is 20.6 Å². The summed E-state index contributed by atoms with van der Waals surface area (Å²) in [7, 11) is 1.28. The highest BCUT2D eigenvalue weighted by molar-refractivity contribution is 7.13. The summed E-state index contributed by atoms with van der Waals surface area (Å²) in [5.74, 6) is -1.25. The lowest BCUT2D eigenvalue weighted by atomic mass is 9.97. The van der Waals surface area contributed by atoms with Crippen LogP contribution < -0.4 is 11.1 Å². The molecule has 0 spiro atoms. The summed E-state index contributed by atoms with van der Waals surface area (Å²) in [6.45, 7) is 0. The average molecular weight is 405 g/mol. The minimum absolute atomic E-state index is 0.0397. The second-order valence-electron chi connectivity index (χ2n) is 5.75. The minimum Gasteiger partial charge on any atom is -0.458 e. The van der Waals surface area contributed by atoms with Crippen LogP contribution in [-0.4, -0.2) is 46.8 Å². The number of nitrogens with zero attached hydrogens (tertiary/aromatic N) is 3. The van der Waals surface area contributed by atoms with Gasteiger partial charge in [0.15, 0.2) is 16.9 Å². The van der Waals surface area contributed by atoms with Gasteiger partial charge >= 0.3 is 5.97 Å². The fraction of sp³-hybridized carbons (Fsp3) is 0.250. The van der Waals surface area contributed by atoms with Gasteiger partial charge in [0.25, 0.3) is 11.6 Å². The zero-order valence-electron chi connectivity index (χ0n) is 14.5. The van der Waals surface area contributed by atoms with Crippen molar-refractivity contribution in [3.8, 4) is 0 Å². The zero-order valence-corrected chi connectivity index (χ0v) is 15.3. The molecule has 1 amide bonds. The molecule has 2 atom stereocenters. The Balaban J connectivity index is 1.68. The van der Waals surface area contributed by atoms with E-state index in [1.807, 2.05) is 0 Å². The number of hydrogen-bond acceptors (Lipinski definition) is 10. The van der Waals surface area contributed by atoms with Crippen molar-refractivity contribution < 1.29 is 24.1 Å². The first-order valence-corrected chi connectivity index (χ1v) is 8.84. The standard InChI is InChI=1S/C16H15N5O6S/c1-26-20-12(10-7-28-16(17)18-10)14(22)19-13-11(27-15(13)23)6-8-2-4-9(5-3-8)21(24)25/h2-5,7,11,13H,6H2,1H3,(H2,17,18)(H,19,22)/b20-12-/t11-,13+/m1/s1. The number of non-ortho nitro benzene ring substituents is 1. The van der Waals surface area contributed by atoms with Gasteiger partial charge in [-0.2, -0.15) is 0 Å². The van der Waals surface area contributed by atoms with Crippen molar-refractivity contribution in [2.24, 2.45) is 5.16 Å². The van der Waals surface area contributed by atoms with Crippen LogP contribution in [0.5, 0.6) is 0 Å². The predicted molar refractivity (Wildman–Crippen MR) is 98.7 cm³/mol. The maximum absolute atomic E-state index is 12.5. The molecular formula is C16H15N5O6S. The molecule has 1 aliphatic rings. The number of hydrogen-bond donors (Lipinski definition) is 2. The van der Waals surface area contributed by atoms with Crippen molar-refractivity contribution in [1.29, 1.82) is 0 Å². The number of nitrogens with one attached hydrogen (secondary N) is 1. The summed E-state index contributed by atoms with van der Waals surface area (Å²) in [6, 6.07) is 4.97. The summed E-state index contributed by atoms with van der Waals surface area (Å²) >= 11 is 1.13. The highest BCUT2D eigenvalue weighted by Crippen LogP contribution is 2.22. The Kier molecular flexibility index (Phi) is 5.49. The summed E-state index contributed by atoms with van der Waals surface area (Å²) in [5, 5.41) is 18.7. The second-order valence-corrected chi connectivity index (χ2v) is 6.64. The van der Waals surface area contributed by atoms with E-state index in [0.717, 1.165) is 16.9 Å². The summed E-state index contributed by atoms with van der Waals surface area (Å²) in [6.07, 6.45) is -0.322. The van der Waals surface area contributed by atoms with Gasteiger partial charge in [-0.25, -0.2) is 9.78 Å². The lowest BCUT2D eigenvalue weighted by Crippen LogP contribution is -2.61. The molecule has 0 unspecified atom stereocenters. The number of carbonyl (C=O) groups is 2. The molecule has 0 bridgehead atoms. The Morgan fingerprint density at radius 3 is 2.71 bits per heavy atom. The maximum atomic E-state index is 12.5. The van der Waals surface area contributed by atoms with Crippen molar-refractivity contribution in [3.63, 3.8) is 0 Å². The number of anilines is 1. The molecule has 12 heteroatoms. The Morgan fingerprint density at radius 1 is 1.46 bits per heavy atom. The van der Waals surface area contributed by atoms with E-state index in [-0.39, 0.29) is 28.6 Å². The topological polar surface area (TPSA) is 159 Å². The van der Waals surface area contributed by atoms with Gasteiger partial charge in [0, 0.05) is 23.9 Å². The fourth-order valence-electron chi connectivity index (χ4n) is 2.57. The summed E-state index contributed by atoms with van der Waals surface area (Å²) in [5.41, 5.74) is 6.36. The molecule has 3 N–H and O–H groups in total. The number of amides is 1. The number of cyclic esters (lactones) is 1. The molecule has 11 nitrogen and oxygen atoms in total. The molecule has 1 fully saturated rings. The van der Waals surface area contributed by atoms with Gasteiger partial charge in [0.2, 0.25) is 0 Å². The second kappa shape index (κ2) is 8.00. The number of carbonyl (C=O) groups excluding carboxylic acids is 2. The van der Waals surface area contributed by atoms with Crippen LogP contribution in [-0.2, 0) is 25.6 Å². The number of nitro benzene ring substituents is 1. The van der Waals surface area contributed by atoms with E-state index in [2.05, 4.69) is 20.3 Å². The van der Waals surface area contributed by atoms with Crippen LogP contribution in [0.25, 0.3) is 0 Å². The molecule has 146 valence electrons. The number of rotatable bonds is 7. The number of benzene rings is 1. The number of aromatic nitrogens is 1. The lowest BCUT2D eigenvalue weighted by molar-refractivity contribution is -0.384. The Labute approximate surface area is 162 Å². The Hall–Kier alpha value is -3.54. The number of esters is 1. The number of nitrogens with two attached hydrogens (primary N) is 1. The predicted octanol–water partition coefficient (Wildman–Crippen LogP) is 0.637. The quantitative estimate of drug-likeness (QED) is 0.294. The molecule has 0 radical (unpaired) electrons. The first-order chi connectivity index (χ1) is 13.4. The molecule has 28 heavy (non-hydrogen) atoms. The number of ether oxygens (including phenoxy) is 1. The van der Waals surface area contributed by atoms with Gasteiger partial charge in [0.1, 0.15) is 18.9 Å². The maximum Gasteiger partial charge on any atom is 0.332 e. The molecule has 2 aromatic rings. The molecule has 0 aliphatic carbocycles. The van der Waals surface area contributed by atoms with Crippen LogP contribution in [0.15, 0.2) is 34.8 Å². The van der Waals surface area contributed by atoms with Crippen LogP contribution in [0, 0.1) is 10.1 Å². The third-order valence-corrected chi connectivity index (χ3v) is 4.60. The van der Waals surface area contributed by atoms with Crippen LogP contribution in [0.1, 0.15) is 11.3 Å².